The van der Waals surface area contributed by atoms with Crippen LogP contribution in [0.1, 0.15) is 188 Å². The number of benzene rings is 4. The van der Waals surface area contributed by atoms with Crippen molar-refractivity contribution in [2.75, 3.05) is 0 Å². The van der Waals surface area contributed by atoms with E-state index >= 15 is 0 Å². The molecule has 4 unspecified atom stereocenters. The third kappa shape index (κ3) is 10.6. The van der Waals surface area contributed by atoms with E-state index in [1.165, 1.54) is 100 Å². The third-order valence-corrected chi connectivity index (χ3v) is 15.0. The first-order valence-electron chi connectivity index (χ1n) is 26.0. The van der Waals surface area contributed by atoms with Crippen molar-refractivity contribution < 1.29 is 0 Å². The Hall–Kier alpha value is -4.63. The van der Waals surface area contributed by atoms with Crippen LogP contribution in [-0.4, -0.2) is 47.5 Å². The first-order valence-corrected chi connectivity index (χ1v) is 26.0. The lowest BCUT2D eigenvalue weighted by Crippen LogP contribution is -2.51. The van der Waals surface area contributed by atoms with Gasteiger partial charge in [-0.05, 0) is 113 Å². The molecule has 4 heteroatoms. The normalized spacial score (nSPS) is 18.9. The van der Waals surface area contributed by atoms with E-state index in [9.17, 15) is 0 Å². The Bertz CT molecular complexity index is 2380. The fourth-order valence-electron chi connectivity index (χ4n) is 12.4. The molecule has 4 aliphatic carbocycles. The number of rotatable bonds is 21. The number of nitrogens with zero attached hydrogens (tertiary/aromatic N) is 2. The summed E-state index contributed by atoms with van der Waals surface area (Å²) in [6.07, 6.45) is 27.6. The van der Waals surface area contributed by atoms with Gasteiger partial charge in [-0.1, -0.05) is 232 Å². The summed E-state index contributed by atoms with van der Waals surface area (Å²) < 4.78 is 0. The standard InChI is InChI=1S/C33H44BN.C29H36BN/c1-7-9-10-11-17-27-23-33(31-21-15-13-19-29(27)31)34(35(24(3)4)25(5)6)32-22-26(16-8-2)28-18-12-14-20-30(28)32;1-6-7-8-14-24-20-29(27-17-12-11-15-25(24)27)30(31(21(2)3)22(4)5)28-19-18-23-13-9-10-16-26(23)28/h8,12-15,18-26,33H,2,7,9-11,16-17H2,1,3-6H3;6,9-13,15-22,24,28H,1,7-8,14H2,2-5H3. The Labute approximate surface area is 403 Å². The van der Waals surface area contributed by atoms with E-state index in [1.807, 2.05) is 6.08 Å². The minimum Gasteiger partial charge on any atom is -0.333 e. The molecule has 0 N–H and O–H groups in total. The molecule has 66 heavy (non-hydrogen) atoms. The molecule has 0 fully saturated rings. The minimum absolute atomic E-state index is 0.320. The number of allylic oxidation sites excluding steroid dienone is 7. The largest absolute Gasteiger partial charge is 0.333 e. The number of hydrogen-bond donors (Lipinski definition) is 0. The van der Waals surface area contributed by atoms with Gasteiger partial charge in [-0.15, -0.1) is 13.2 Å². The van der Waals surface area contributed by atoms with Crippen molar-refractivity contribution in [1.29, 1.82) is 0 Å². The van der Waals surface area contributed by atoms with E-state index in [0.29, 0.717) is 61.3 Å². The first kappa shape index (κ1) is 49.3. The van der Waals surface area contributed by atoms with Crippen molar-refractivity contribution in [2.45, 2.75) is 168 Å². The Balaban J connectivity index is 0.000000198. The summed E-state index contributed by atoms with van der Waals surface area (Å²) in [6, 6.07) is 38.2. The highest BCUT2D eigenvalue weighted by molar-refractivity contribution is 6.79. The van der Waals surface area contributed by atoms with Gasteiger partial charge in [-0.25, -0.2) is 0 Å². The summed E-state index contributed by atoms with van der Waals surface area (Å²) in [5.74, 6) is 1.69. The van der Waals surface area contributed by atoms with E-state index in [0.717, 1.165) is 12.8 Å². The molecule has 4 atom stereocenters. The smallest absolute Gasteiger partial charge is 0.270 e. The zero-order valence-electron chi connectivity index (χ0n) is 42.2. The van der Waals surface area contributed by atoms with Gasteiger partial charge in [-0.3, -0.25) is 0 Å². The summed E-state index contributed by atoms with van der Waals surface area (Å²) in [5.41, 5.74) is 16.3. The Morgan fingerprint density at radius 1 is 0.530 bits per heavy atom. The highest BCUT2D eigenvalue weighted by atomic mass is 15.1. The van der Waals surface area contributed by atoms with Gasteiger partial charge in [0.2, 0.25) is 0 Å². The molecule has 0 saturated carbocycles. The van der Waals surface area contributed by atoms with Crippen molar-refractivity contribution >= 4 is 36.3 Å². The van der Waals surface area contributed by atoms with E-state index in [2.05, 4.69) is 219 Å². The maximum absolute atomic E-state index is 4.07. The van der Waals surface area contributed by atoms with E-state index < -0.39 is 0 Å². The molecule has 0 amide bonds. The maximum Gasteiger partial charge on any atom is 0.270 e. The lowest BCUT2D eigenvalue weighted by atomic mass is 9.42. The molecular weight excluding hydrogens is 794 g/mol. The van der Waals surface area contributed by atoms with Crippen LogP contribution in [0, 0.1) is 0 Å². The van der Waals surface area contributed by atoms with Crippen molar-refractivity contribution in [3.05, 3.63) is 191 Å². The van der Waals surface area contributed by atoms with Gasteiger partial charge in [0.1, 0.15) is 0 Å². The second-order valence-corrected chi connectivity index (χ2v) is 20.7. The lowest BCUT2D eigenvalue weighted by Gasteiger charge is -2.40. The molecule has 0 bridgehead atoms. The predicted molar refractivity (Wildman–Crippen MR) is 293 cm³/mol. The van der Waals surface area contributed by atoms with E-state index in [1.54, 1.807) is 5.57 Å². The van der Waals surface area contributed by atoms with Crippen molar-refractivity contribution in [2.24, 2.45) is 0 Å². The van der Waals surface area contributed by atoms with Crippen molar-refractivity contribution in [3.8, 4) is 0 Å². The molecule has 0 spiro atoms. The molecular formula is C62H80B2N2. The van der Waals surface area contributed by atoms with Crippen LogP contribution in [0.5, 0.6) is 0 Å². The van der Waals surface area contributed by atoms with Crippen LogP contribution in [0.25, 0.3) is 22.6 Å². The molecule has 0 radical (unpaired) electrons. The van der Waals surface area contributed by atoms with Crippen molar-refractivity contribution in [3.63, 3.8) is 0 Å². The Morgan fingerprint density at radius 3 is 1.62 bits per heavy atom. The summed E-state index contributed by atoms with van der Waals surface area (Å²) >= 11 is 0. The summed E-state index contributed by atoms with van der Waals surface area (Å²) in [5, 5.41) is 0. The van der Waals surface area contributed by atoms with Crippen LogP contribution in [0.15, 0.2) is 147 Å². The van der Waals surface area contributed by atoms with E-state index in [4.69, 9.17) is 0 Å². The zero-order valence-corrected chi connectivity index (χ0v) is 42.2. The van der Waals surface area contributed by atoms with Crippen LogP contribution in [0.3, 0.4) is 0 Å². The predicted octanol–water partition coefficient (Wildman–Crippen LogP) is 16.6. The average Bonchev–Trinajstić information content (AvgIpc) is 4.09. The Kier molecular flexibility index (Phi) is 17.1. The highest BCUT2D eigenvalue weighted by Gasteiger charge is 2.45. The topological polar surface area (TPSA) is 6.48 Å². The van der Waals surface area contributed by atoms with Crippen LogP contribution in [0.4, 0.5) is 0 Å². The molecule has 8 rings (SSSR count). The van der Waals surface area contributed by atoms with Crippen LogP contribution in [0.2, 0.25) is 0 Å². The monoisotopic (exact) mass is 875 g/mol. The molecule has 4 aromatic rings. The molecule has 2 nitrogen and oxygen atoms in total. The van der Waals surface area contributed by atoms with Gasteiger partial charge in [0.25, 0.3) is 13.7 Å². The van der Waals surface area contributed by atoms with Gasteiger partial charge in [0.05, 0.1) is 0 Å². The molecule has 0 saturated heterocycles. The Morgan fingerprint density at radius 2 is 1.05 bits per heavy atom. The zero-order chi connectivity index (χ0) is 46.9. The maximum atomic E-state index is 4.07. The van der Waals surface area contributed by atoms with Crippen LogP contribution in [-0.2, 0) is 0 Å². The molecule has 344 valence electrons. The molecule has 0 aromatic heterocycles. The number of fused-ring (bicyclic) bond motifs is 4. The molecule has 4 aromatic carbocycles. The number of hydrogen-bond acceptors (Lipinski definition) is 2. The molecule has 4 aliphatic rings. The number of unbranched alkanes of at least 4 members (excludes halogenated alkanes) is 4. The second-order valence-electron chi connectivity index (χ2n) is 20.7. The lowest BCUT2D eigenvalue weighted by molar-refractivity contribution is 0.304. The quantitative estimate of drug-likeness (QED) is 0.0467. The molecule has 0 heterocycles. The van der Waals surface area contributed by atoms with Gasteiger partial charge in [0, 0.05) is 23.5 Å². The summed E-state index contributed by atoms with van der Waals surface area (Å²) in [4.78, 5) is 5.49. The van der Waals surface area contributed by atoms with Gasteiger partial charge in [0.15, 0.2) is 0 Å². The fraction of sp³-hybridized carbons (Fsp3) is 0.419. The van der Waals surface area contributed by atoms with Gasteiger partial charge in [-0.2, -0.15) is 0 Å². The third-order valence-electron chi connectivity index (χ3n) is 15.0. The highest BCUT2D eigenvalue weighted by Crippen LogP contribution is 2.49. The fourth-order valence-corrected chi connectivity index (χ4v) is 12.4. The van der Waals surface area contributed by atoms with Crippen LogP contribution >= 0.6 is 0 Å². The summed E-state index contributed by atoms with van der Waals surface area (Å²) in [6.45, 7) is 29.8. The van der Waals surface area contributed by atoms with Crippen LogP contribution < -0.4 is 0 Å². The SMILES string of the molecule is C=CCC1C=C(B(C2C=C(CCCCCC)c3ccccc32)N(C(C)C)C(C)C)c2ccccc21.C=CCCCC1C=C(B(C2C=Cc3ccccc32)N(C(C)C)C(C)C)c2ccccc21. The average molecular weight is 875 g/mol. The van der Waals surface area contributed by atoms with Gasteiger partial charge < -0.3 is 9.62 Å². The van der Waals surface area contributed by atoms with E-state index in [-0.39, 0.29) is 0 Å². The minimum atomic E-state index is 0.320. The van der Waals surface area contributed by atoms with Crippen molar-refractivity contribution in [1.82, 2.24) is 9.62 Å². The summed E-state index contributed by atoms with van der Waals surface area (Å²) in [7, 11) is 0. The second kappa shape index (κ2) is 22.9. The van der Waals surface area contributed by atoms with Gasteiger partial charge >= 0.3 is 0 Å². The first-order chi connectivity index (χ1) is 32.0. The molecule has 0 aliphatic heterocycles.